The van der Waals surface area contributed by atoms with Gasteiger partial charge in [-0.15, -0.1) is 11.8 Å². The van der Waals surface area contributed by atoms with Crippen LogP contribution in [0.2, 0.25) is 0 Å². The fraction of sp³-hybridized carbons (Fsp3) is 0.200. The lowest BCUT2D eigenvalue weighted by Crippen LogP contribution is -1.80. The summed E-state index contributed by atoms with van der Waals surface area (Å²) in [7, 11) is 0. The summed E-state index contributed by atoms with van der Waals surface area (Å²) in [5.41, 5.74) is 1.17. The molecule has 14 heavy (non-hydrogen) atoms. The van der Waals surface area contributed by atoms with Crippen LogP contribution in [-0.4, -0.2) is 5.75 Å². The Balaban J connectivity index is 2.54. The minimum atomic E-state index is -1.65. The summed E-state index contributed by atoms with van der Waals surface area (Å²) in [5, 5.41) is 0. The lowest BCUT2D eigenvalue weighted by molar-refractivity contribution is 0.419. The fourth-order valence-electron chi connectivity index (χ4n) is 0.836. The summed E-state index contributed by atoms with van der Waals surface area (Å²) in [6, 6.07) is 7.78. The quantitative estimate of drug-likeness (QED) is 0.729. The molecule has 1 aromatic rings. The Hall–Kier alpha value is -0.350. The fourth-order valence-corrected chi connectivity index (χ4v) is 1.91. The number of hydrogen-bond acceptors (Lipinski definition) is 1. The van der Waals surface area contributed by atoms with Crippen LogP contribution < -0.4 is 0 Å². The van der Waals surface area contributed by atoms with Crippen LogP contribution in [0.5, 0.6) is 0 Å². The minimum Gasteiger partial charge on any atom is -0.172 e. The molecule has 76 valence electrons. The lowest BCUT2D eigenvalue weighted by atomic mass is 10.2. The first-order valence-electron chi connectivity index (χ1n) is 3.98. The van der Waals surface area contributed by atoms with E-state index in [1.807, 2.05) is 31.2 Å². The molecule has 1 aromatic carbocycles. The third kappa shape index (κ3) is 3.80. The molecular weight excluding hydrogens is 270 g/mol. The van der Waals surface area contributed by atoms with Gasteiger partial charge < -0.3 is 0 Å². The number of aryl methyl sites for hydroxylation is 1. The van der Waals surface area contributed by atoms with Crippen molar-refractivity contribution in [2.75, 3.05) is 5.75 Å². The zero-order chi connectivity index (χ0) is 10.6. The minimum absolute atomic E-state index is 0.0388. The molecule has 0 aliphatic carbocycles. The third-order valence-corrected chi connectivity index (χ3v) is 3.58. The second-order valence-electron chi connectivity index (χ2n) is 2.77. The predicted molar refractivity (Wildman–Crippen MR) is 60.1 cm³/mol. The van der Waals surface area contributed by atoms with Gasteiger partial charge in [0.05, 0.1) is 4.48 Å². The van der Waals surface area contributed by atoms with Crippen LogP contribution in [0.4, 0.5) is 8.78 Å². The highest BCUT2D eigenvalue weighted by atomic mass is 79.9. The molecule has 0 unspecified atom stereocenters. The van der Waals surface area contributed by atoms with Crippen molar-refractivity contribution in [3.63, 3.8) is 0 Å². The van der Waals surface area contributed by atoms with E-state index in [4.69, 9.17) is 0 Å². The van der Waals surface area contributed by atoms with Crippen LogP contribution in [-0.2, 0) is 0 Å². The normalized spacial score (nSPS) is 10.0. The molecule has 0 amide bonds. The summed E-state index contributed by atoms with van der Waals surface area (Å²) in [6.07, 6.45) is -1.65. The summed E-state index contributed by atoms with van der Waals surface area (Å²) in [4.78, 5) is 0.994. The van der Waals surface area contributed by atoms with Crippen molar-refractivity contribution >= 4 is 27.7 Å². The smallest absolute Gasteiger partial charge is 0.172 e. The highest BCUT2D eigenvalue weighted by Gasteiger charge is 2.02. The van der Waals surface area contributed by atoms with E-state index < -0.39 is 6.08 Å². The van der Waals surface area contributed by atoms with Gasteiger partial charge in [0.15, 0.2) is 0 Å². The largest absolute Gasteiger partial charge is 0.281 e. The SMILES string of the molecule is Cc1ccc(SCC(Br)=C(F)F)cc1. The molecule has 0 fully saturated rings. The molecule has 0 atom stereocenters. The van der Waals surface area contributed by atoms with Crippen LogP contribution >= 0.6 is 27.7 Å². The van der Waals surface area contributed by atoms with Crippen LogP contribution in [0, 0.1) is 6.92 Å². The third-order valence-electron chi connectivity index (χ3n) is 1.59. The van der Waals surface area contributed by atoms with Crippen molar-refractivity contribution in [3.05, 3.63) is 40.4 Å². The van der Waals surface area contributed by atoms with E-state index in [1.54, 1.807) is 0 Å². The first kappa shape index (κ1) is 11.7. The average molecular weight is 279 g/mol. The van der Waals surface area contributed by atoms with E-state index in [9.17, 15) is 8.78 Å². The van der Waals surface area contributed by atoms with Gasteiger partial charge >= 0.3 is 0 Å². The Kier molecular flexibility index (Phi) is 4.62. The van der Waals surface area contributed by atoms with Crippen LogP contribution in [0.15, 0.2) is 39.7 Å². The second-order valence-corrected chi connectivity index (χ2v) is 4.77. The first-order valence-corrected chi connectivity index (χ1v) is 5.76. The monoisotopic (exact) mass is 278 g/mol. The Bertz CT molecular complexity index is 328. The van der Waals surface area contributed by atoms with E-state index in [-0.39, 0.29) is 10.2 Å². The molecule has 0 heterocycles. The molecule has 0 nitrogen and oxygen atoms in total. The van der Waals surface area contributed by atoms with Crippen molar-refractivity contribution in [1.29, 1.82) is 0 Å². The van der Waals surface area contributed by atoms with Gasteiger partial charge in [-0.1, -0.05) is 17.7 Å². The molecule has 0 saturated carbocycles. The molecule has 0 N–H and O–H groups in total. The molecular formula is C10H9BrF2S. The number of thioether (sulfide) groups is 1. The van der Waals surface area contributed by atoms with E-state index in [2.05, 4.69) is 15.9 Å². The number of benzene rings is 1. The molecule has 0 radical (unpaired) electrons. The Morgan fingerprint density at radius 2 is 1.86 bits per heavy atom. The van der Waals surface area contributed by atoms with Gasteiger partial charge in [0.2, 0.25) is 0 Å². The standard InChI is InChI=1S/C10H9BrF2S/c1-7-2-4-8(5-3-7)14-6-9(11)10(12)13/h2-5H,6H2,1H3. The van der Waals surface area contributed by atoms with Crippen LogP contribution in [0.3, 0.4) is 0 Å². The van der Waals surface area contributed by atoms with Gasteiger partial charge in [-0.2, -0.15) is 8.78 Å². The first-order chi connectivity index (χ1) is 6.59. The average Bonchev–Trinajstić information content (AvgIpc) is 2.16. The molecule has 1 rings (SSSR count). The summed E-state index contributed by atoms with van der Waals surface area (Å²) >= 11 is 4.20. The second kappa shape index (κ2) is 5.51. The Morgan fingerprint density at radius 1 is 1.29 bits per heavy atom. The zero-order valence-electron chi connectivity index (χ0n) is 7.56. The van der Waals surface area contributed by atoms with Gasteiger partial charge in [-0.05, 0) is 35.0 Å². The molecule has 4 heteroatoms. The maximum absolute atomic E-state index is 12.0. The van der Waals surface area contributed by atoms with Gasteiger partial charge in [-0.3, -0.25) is 0 Å². The van der Waals surface area contributed by atoms with E-state index in [0.29, 0.717) is 0 Å². The maximum atomic E-state index is 12.0. The summed E-state index contributed by atoms with van der Waals surface area (Å²) in [5.74, 6) is 0.269. The van der Waals surface area contributed by atoms with Gasteiger partial charge in [0, 0.05) is 10.6 Å². The Morgan fingerprint density at radius 3 is 2.36 bits per heavy atom. The van der Waals surface area contributed by atoms with Crippen LogP contribution in [0.25, 0.3) is 0 Å². The van der Waals surface area contributed by atoms with Gasteiger partial charge in [0.1, 0.15) is 0 Å². The van der Waals surface area contributed by atoms with E-state index in [1.165, 1.54) is 17.3 Å². The molecule has 0 aliphatic rings. The van der Waals surface area contributed by atoms with Gasteiger partial charge in [0.25, 0.3) is 6.08 Å². The van der Waals surface area contributed by atoms with Gasteiger partial charge in [-0.25, -0.2) is 0 Å². The van der Waals surface area contributed by atoms with E-state index in [0.717, 1.165) is 4.90 Å². The summed E-state index contributed by atoms with van der Waals surface area (Å²) < 4.78 is 24.0. The molecule has 0 saturated heterocycles. The molecule has 0 aliphatic heterocycles. The van der Waals surface area contributed by atoms with Crippen molar-refractivity contribution in [1.82, 2.24) is 0 Å². The molecule has 0 bridgehead atoms. The number of rotatable bonds is 3. The highest BCUT2D eigenvalue weighted by molar-refractivity contribution is 9.11. The van der Waals surface area contributed by atoms with Crippen LogP contribution in [0.1, 0.15) is 5.56 Å². The van der Waals surface area contributed by atoms with Crippen molar-refractivity contribution in [3.8, 4) is 0 Å². The topological polar surface area (TPSA) is 0 Å². The van der Waals surface area contributed by atoms with Crippen molar-refractivity contribution in [2.45, 2.75) is 11.8 Å². The highest BCUT2D eigenvalue weighted by Crippen LogP contribution is 2.25. The van der Waals surface area contributed by atoms with Crippen molar-refractivity contribution in [2.24, 2.45) is 0 Å². The molecule has 0 spiro atoms. The van der Waals surface area contributed by atoms with Crippen molar-refractivity contribution < 1.29 is 8.78 Å². The molecule has 0 aromatic heterocycles. The van der Waals surface area contributed by atoms with E-state index >= 15 is 0 Å². The zero-order valence-corrected chi connectivity index (χ0v) is 9.96. The maximum Gasteiger partial charge on any atom is 0.281 e. The number of halogens is 3. The summed E-state index contributed by atoms with van der Waals surface area (Å²) in [6.45, 7) is 1.99. The number of hydrogen-bond donors (Lipinski definition) is 0. The Labute approximate surface area is 94.5 Å². The predicted octanol–water partition coefficient (Wildman–Crippen LogP) is 4.59. The lowest BCUT2D eigenvalue weighted by Gasteiger charge is -2.00.